The topological polar surface area (TPSA) is 77.5 Å². The monoisotopic (exact) mass is 320 g/mol. The summed E-state index contributed by atoms with van der Waals surface area (Å²) in [5.74, 6) is 0.356. The number of hydrogen-bond acceptors (Lipinski definition) is 6. The van der Waals surface area contributed by atoms with Crippen LogP contribution in [-0.2, 0) is 14.3 Å². The maximum atomic E-state index is 12.0. The van der Waals surface area contributed by atoms with Crippen LogP contribution in [0.5, 0.6) is 5.75 Å². The Balaban J connectivity index is 2.93. The largest absolute Gasteiger partial charge is 0.492 e. The molecule has 126 valence electrons. The molecule has 0 aliphatic rings. The molecule has 0 aromatic carbocycles. The fourth-order valence-corrected chi connectivity index (χ4v) is 1.91. The van der Waals surface area contributed by atoms with Gasteiger partial charge in [-0.3, -0.25) is 4.79 Å². The molecular weight excluding hydrogens is 296 g/mol. The lowest BCUT2D eigenvalue weighted by atomic mass is 10.1. The third-order valence-electron chi connectivity index (χ3n) is 2.97. The zero-order chi connectivity index (χ0) is 17.2. The summed E-state index contributed by atoms with van der Waals surface area (Å²) >= 11 is 0. The second-order valence-electron chi connectivity index (χ2n) is 4.81. The summed E-state index contributed by atoms with van der Waals surface area (Å²) in [6.45, 7) is 8.09. The first-order valence-corrected chi connectivity index (χ1v) is 7.80. The van der Waals surface area contributed by atoms with Crippen molar-refractivity contribution < 1.29 is 19.1 Å². The van der Waals surface area contributed by atoms with Crippen molar-refractivity contribution in [2.45, 2.75) is 40.5 Å². The second-order valence-corrected chi connectivity index (χ2v) is 4.81. The highest BCUT2D eigenvalue weighted by molar-refractivity contribution is 6.17. The SMILES string of the molecule is CCCC(=O)C(=CNc1ccc(OCC)c(C)n1)C(=O)OCC. The normalized spacial score (nSPS) is 11.0. The summed E-state index contributed by atoms with van der Waals surface area (Å²) in [5, 5.41) is 2.88. The van der Waals surface area contributed by atoms with Gasteiger partial charge in [-0.15, -0.1) is 0 Å². The lowest BCUT2D eigenvalue weighted by Crippen LogP contribution is -2.17. The van der Waals surface area contributed by atoms with Crippen LogP contribution in [0, 0.1) is 6.92 Å². The van der Waals surface area contributed by atoms with E-state index in [1.807, 2.05) is 20.8 Å². The minimum absolute atomic E-state index is 0.00189. The highest BCUT2D eigenvalue weighted by Gasteiger charge is 2.18. The van der Waals surface area contributed by atoms with Gasteiger partial charge in [-0.2, -0.15) is 0 Å². The highest BCUT2D eigenvalue weighted by Crippen LogP contribution is 2.18. The zero-order valence-corrected chi connectivity index (χ0v) is 14.1. The number of rotatable bonds is 9. The van der Waals surface area contributed by atoms with Gasteiger partial charge in [0.25, 0.3) is 0 Å². The van der Waals surface area contributed by atoms with Crippen molar-refractivity contribution in [2.24, 2.45) is 0 Å². The Morgan fingerprint density at radius 2 is 1.96 bits per heavy atom. The third-order valence-corrected chi connectivity index (χ3v) is 2.97. The van der Waals surface area contributed by atoms with Gasteiger partial charge in [0.2, 0.25) is 0 Å². The molecule has 0 spiro atoms. The first-order valence-electron chi connectivity index (χ1n) is 7.80. The Hall–Kier alpha value is -2.37. The number of ether oxygens (including phenoxy) is 2. The van der Waals surface area contributed by atoms with Crippen LogP contribution in [0.3, 0.4) is 0 Å². The van der Waals surface area contributed by atoms with Gasteiger partial charge in [-0.05, 0) is 39.3 Å². The predicted octanol–water partition coefficient (Wildman–Crippen LogP) is 3.02. The van der Waals surface area contributed by atoms with Crippen molar-refractivity contribution in [3.8, 4) is 5.75 Å². The number of nitrogens with one attached hydrogen (secondary N) is 1. The van der Waals surface area contributed by atoms with Crippen molar-refractivity contribution in [1.82, 2.24) is 4.98 Å². The lowest BCUT2D eigenvalue weighted by Gasteiger charge is -2.09. The van der Waals surface area contributed by atoms with Crippen LogP contribution in [0.25, 0.3) is 0 Å². The summed E-state index contributed by atoms with van der Waals surface area (Å²) in [6, 6.07) is 3.52. The molecule has 1 rings (SSSR count). The molecule has 0 bridgehead atoms. The number of nitrogens with zero attached hydrogens (tertiary/aromatic N) is 1. The van der Waals surface area contributed by atoms with Gasteiger partial charge >= 0.3 is 5.97 Å². The van der Waals surface area contributed by atoms with E-state index in [0.717, 1.165) is 5.69 Å². The first-order chi connectivity index (χ1) is 11.0. The molecule has 0 amide bonds. The number of hydrogen-bond donors (Lipinski definition) is 1. The van der Waals surface area contributed by atoms with Crippen molar-refractivity contribution >= 4 is 17.6 Å². The van der Waals surface area contributed by atoms with Crippen molar-refractivity contribution in [2.75, 3.05) is 18.5 Å². The predicted molar refractivity (Wildman–Crippen MR) is 88.4 cm³/mol. The molecule has 23 heavy (non-hydrogen) atoms. The molecule has 1 N–H and O–H groups in total. The molecule has 0 atom stereocenters. The summed E-state index contributed by atoms with van der Waals surface area (Å²) in [4.78, 5) is 28.3. The van der Waals surface area contributed by atoms with E-state index in [1.54, 1.807) is 19.1 Å². The number of pyridine rings is 1. The molecule has 1 aromatic heterocycles. The van der Waals surface area contributed by atoms with Crippen LogP contribution in [0.1, 0.15) is 39.3 Å². The molecule has 0 radical (unpaired) electrons. The number of carbonyl (C=O) groups excluding carboxylic acids is 2. The highest BCUT2D eigenvalue weighted by atomic mass is 16.5. The van der Waals surface area contributed by atoms with E-state index in [2.05, 4.69) is 10.3 Å². The van der Waals surface area contributed by atoms with Crippen molar-refractivity contribution in [3.05, 3.63) is 29.6 Å². The Morgan fingerprint density at radius 1 is 1.22 bits per heavy atom. The van der Waals surface area contributed by atoms with Crippen molar-refractivity contribution in [1.29, 1.82) is 0 Å². The smallest absolute Gasteiger partial charge is 0.343 e. The van der Waals surface area contributed by atoms with Crippen LogP contribution in [0.2, 0.25) is 0 Å². The number of aryl methyl sites for hydroxylation is 1. The summed E-state index contributed by atoms with van der Waals surface area (Å²) in [6.07, 6.45) is 2.32. The van der Waals surface area contributed by atoms with Gasteiger partial charge in [0.1, 0.15) is 17.1 Å². The minimum atomic E-state index is -0.624. The van der Waals surface area contributed by atoms with Gasteiger partial charge in [0.15, 0.2) is 5.78 Å². The van der Waals surface area contributed by atoms with E-state index >= 15 is 0 Å². The van der Waals surface area contributed by atoms with E-state index in [1.165, 1.54) is 6.20 Å². The lowest BCUT2D eigenvalue weighted by molar-refractivity contribution is -0.140. The molecular formula is C17H24N2O4. The molecule has 0 fully saturated rings. The second kappa shape index (κ2) is 9.61. The first kappa shape index (κ1) is 18.7. The molecule has 0 saturated heterocycles. The molecule has 0 saturated carbocycles. The number of carbonyl (C=O) groups is 2. The third kappa shape index (κ3) is 5.73. The van der Waals surface area contributed by atoms with Gasteiger partial charge < -0.3 is 14.8 Å². The average Bonchev–Trinajstić information content (AvgIpc) is 2.51. The number of esters is 1. The van der Waals surface area contributed by atoms with E-state index in [4.69, 9.17) is 9.47 Å². The quantitative estimate of drug-likeness (QED) is 0.326. The van der Waals surface area contributed by atoms with Crippen LogP contribution in [0.15, 0.2) is 23.9 Å². The Kier molecular flexibility index (Phi) is 7.80. The standard InChI is InChI=1S/C17H24N2O4/c1-5-8-14(20)13(17(21)23-7-3)11-18-16-10-9-15(22-6-2)12(4)19-16/h9-11H,5-8H2,1-4H3,(H,18,19). The maximum Gasteiger partial charge on any atom is 0.343 e. The summed E-state index contributed by atoms with van der Waals surface area (Å²) < 4.78 is 10.3. The van der Waals surface area contributed by atoms with E-state index < -0.39 is 5.97 Å². The van der Waals surface area contributed by atoms with E-state index in [0.29, 0.717) is 31.0 Å². The molecule has 0 aliphatic carbocycles. The minimum Gasteiger partial charge on any atom is -0.492 e. The van der Waals surface area contributed by atoms with Gasteiger partial charge in [0, 0.05) is 12.6 Å². The van der Waals surface area contributed by atoms with Crippen LogP contribution < -0.4 is 10.1 Å². The molecule has 6 nitrogen and oxygen atoms in total. The van der Waals surface area contributed by atoms with Crippen LogP contribution >= 0.6 is 0 Å². The number of ketones is 1. The van der Waals surface area contributed by atoms with Crippen LogP contribution in [0.4, 0.5) is 5.82 Å². The van der Waals surface area contributed by atoms with Crippen molar-refractivity contribution in [3.63, 3.8) is 0 Å². The molecule has 1 heterocycles. The zero-order valence-electron chi connectivity index (χ0n) is 14.1. The fraction of sp³-hybridized carbons (Fsp3) is 0.471. The summed E-state index contributed by atoms with van der Waals surface area (Å²) in [7, 11) is 0. The number of anilines is 1. The van der Waals surface area contributed by atoms with Gasteiger partial charge in [-0.25, -0.2) is 9.78 Å². The maximum absolute atomic E-state index is 12.0. The average molecular weight is 320 g/mol. The molecule has 0 unspecified atom stereocenters. The molecule has 6 heteroatoms. The Labute approximate surface area is 136 Å². The Bertz CT molecular complexity index is 562. The number of Topliss-reactive ketones (excluding diaryl/α,β-unsaturated/α-hetero) is 1. The van der Waals surface area contributed by atoms with Gasteiger partial charge in [0.05, 0.1) is 18.9 Å². The van der Waals surface area contributed by atoms with Gasteiger partial charge in [-0.1, -0.05) is 6.92 Å². The van der Waals surface area contributed by atoms with E-state index in [9.17, 15) is 9.59 Å². The summed E-state index contributed by atoms with van der Waals surface area (Å²) in [5.41, 5.74) is 0.727. The number of aromatic nitrogens is 1. The van der Waals surface area contributed by atoms with E-state index in [-0.39, 0.29) is 18.0 Å². The van der Waals surface area contributed by atoms with Crippen LogP contribution in [-0.4, -0.2) is 30.0 Å². The molecule has 0 aliphatic heterocycles. The fourth-order valence-electron chi connectivity index (χ4n) is 1.91. The molecule has 1 aromatic rings. The Morgan fingerprint density at radius 3 is 2.52 bits per heavy atom.